The molecule has 5 rings (SSSR count). The molecule has 1 aliphatic rings. The molecule has 2 aromatic carbocycles. The van der Waals surface area contributed by atoms with Gasteiger partial charge in [0.05, 0.1) is 17.4 Å². The van der Waals surface area contributed by atoms with Crippen LogP contribution in [-0.4, -0.2) is 28.3 Å². The van der Waals surface area contributed by atoms with Crippen LogP contribution in [0.4, 0.5) is 5.00 Å². The van der Waals surface area contributed by atoms with Gasteiger partial charge in [-0.15, -0.1) is 23.1 Å². The zero-order valence-electron chi connectivity index (χ0n) is 20.9. The first-order chi connectivity index (χ1) is 17.9. The molecule has 2 aromatic heterocycles. The number of ether oxygens (including phenoxy) is 1. The van der Waals surface area contributed by atoms with Crippen LogP contribution < -0.4 is 5.32 Å². The van der Waals surface area contributed by atoms with E-state index < -0.39 is 0 Å². The van der Waals surface area contributed by atoms with Gasteiger partial charge in [0.15, 0.2) is 0 Å². The van der Waals surface area contributed by atoms with Crippen molar-refractivity contribution in [1.29, 1.82) is 0 Å². The largest absolute Gasteiger partial charge is 0.462 e. The number of nitrogens with zero attached hydrogens (tertiary/aromatic N) is 1. The van der Waals surface area contributed by atoms with Crippen molar-refractivity contribution >= 4 is 66.8 Å². The Bertz CT molecular complexity index is 1440. The van der Waals surface area contributed by atoms with E-state index in [0.29, 0.717) is 17.2 Å². The highest BCUT2D eigenvalue weighted by atomic mass is 79.9. The summed E-state index contributed by atoms with van der Waals surface area (Å²) in [6.45, 7) is 4.78. The molecule has 1 aliphatic carbocycles. The average molecular weight is 598 g/mol. The van der Waals surface area contributed by atoms with Gasteiger partial charge in [0.2, 0.25) is 5.91 Å². The van der Waals surface area contributed by atoms with E-state index in [1.165, 1.54) is 21.8 Å². The first-order valence-electron chi connectivity index (χ1n) is 12.6. The third-order valence-corrected chi connectivity index (χ3v) is 9.46. The number of thiophene rings is 1. The van der Waals surface area contributed by atoms with Crippen LogP contribution in [0, 0.1) is 0 Å². The lowest BCUT2D eigenvalue weighted by Crippen LogP contribution is -2.23. The Balaban J connectivity index is 1.37. The van der Waals surface area contributed by atoms with Gasteiger partial charge in [-0.05, 0) is 68.9 Å². The van der Waals surface area contributed by atoms with E-state index in [-0.39, 0.29) is 17.1 Å². The van der Waals surface area contributed by atoms with Crippen LogP contribution in [0.3, 0.4) is 0 Å². The number of hydrogen-bond donors (Lipinski definition) is 1. The van der Waals surface area contributed by atoms with Crippen LogP contribution >= 0.6 is 39.0 Å². The molecule has 5 nitrogen and oxygen atoms in total. The summed E-state index contributed by atoms with van der Waals surface area (Å²) in [5.41, 5.74) is 3.95. The van der Waals surface area contributed by atoms with Crippen LogP contribution in [0.15, 0.2) is 64.1 Å². The monoisotopic (exact) mass is 596 g/mol. The van der Waals surface area contributed by atoms with E-state index in [9.17, 15) is 9.59 Å². The number of thioether (sulfide) groups is 1. The van der Waals surface area contributed by atoms with Crippen molar-refractivity contribution in [2.75, 3.05) is 11.9 Å². The summed E-state index contributed by atoms with van der Waals surface area (Å²) in [7, 11) is 0. The summed E-state index contributed by atoms with van der Waals surface area (Å²) in [4.78, 5) is 28.4. The molecule has 192 valence electrons. The van der Waals surface area contributed by atoms with Crippen LogP contribution in [0.2, 0.25) is 0 Å². The van der Waals surface area contributed by atoms with E-state index >= 15 is 0 Å². The molecule has 0 unspecified atom stereocenters. The van der Waals surface area contributed by atoms with Crippen molar-refractivity contribution in [3.05, 3.63) is 80.8 Å². The summed E-state index contributed by atoms with van der Waals surface area (Å²) in [5, 5.41) is 4.48. The summed E-state index contributed by atoms with van der Waals surface area (Å²) in [6.07, 6.45) is 6.11. The number of rotatable bonds is 8. The SMILES string of the molecule is CCOC(=O)c1c(NC(=O)[C@H](C)Sc2cn(Cc3ccc(Br)cc3)c3ccccc23)sc2c1CCCC2. The normalized spacial score (nSPS) is 13.8. The van der Waals surface area contributed by atoms with Crippen LogP contribution in [-0.2, 0) is 28.9 Å². The second-order valence-electron chi connectivity index (χ2n) is 9.15. The van der Waals surface area contributed by atoms with Gasteiger partial charge in [-0.3, -0.25) is 4.79 Å². The Morgan fingerprint density at radius 2 is 1.89 bits per heavy atom. The van der Waals surface area contributed by atoms with Gasteiger partial charge in [-0.25, -0.2) is 4.79 Å². The van der Waals surface area contributed by atoms with Gasteiger partial charge in [0.25, 0.3) is 0 Å². The zero-order valence-corrected chi connectivity index (χ0v) is 24.1. The van der Waals surface area contributed by atoms with Crippen LogP contribution in [0.25, 0.3) is 10.9 Å². The maximum atomic E-state index is 13.3. The molecule has 0 aliphatic heterocycles. The number of amides is 1. The van der Waals surface area contributed by atoms with E-state index in [0.717, 1.165) is 58.1 Å². The maximum Gasteiger partial charge on any atom is 0.341 e. The van der Waals surface area contributed by atoms with E-state index in [1.807, 2.05) is 19.1 Å². The molecular formula is C29H29BrN2O3S2. The van der Waals surface area contributed by atoms with E-state index in [4.69, 9.17) is 4.74 Å². The van der Waals surface area contributed by atoms with Gasteiger partial charge in [0.1, 0.15) is 5.00 Å². The van der Waals surface area contributed by atoms with Gasteiger partial charge in [-0.1, -0.05) is 46.3 Å². The van der Waals surface area contributed by atoms with Gasteiger partial charge in [-0.2, -0.15) is 0 Å². The lowest BCUT2D eigenvalue weighted by atomic mass is 9.95. The van der Waals surface area contributed by atoms with Crippen LogP contribution in [0.5, 0.6) is 0 Å². The Kier molecular flexibility index (Phi) is 8.07. The molecule has 0 saturated heterocycles. The van der Waals surface area contributed by atoms with Crippen molar-refractivity contribution in [1.82, 2.24) is 4.57 Å². The molecule has 1 amide bonds. The van der Waals surface area contributed by atoms with Crippen molar-refractivity contribution in [2.45, 2.75) is 56.2 Å². The molecule has 0 spiro atoms. The van der Waals surface area contributed by atoms with Crippen molar-refractivity contribution in [3.63, 3.8) is 0 Å². The minimum absolute atomic E-state index is 0.112. The highest BCUT2D eigenvalue weighted by molar-refractivity contribution is 9.10. The zero-order chi connectivity index (χ0) is 25.9. The topological polar surface area (TPSA) is 60.3 Å². The fourth-order valence-corrected chi connectivity index (χ4v) is 7.33. The standard InChI is InChI=1S/C29H29BrN2O3S2/c1-3-35-29(34)26-22-9-5-7-11-24(22)37-28(26)31-27(33)18(2)36-25-17-32(23-10-6-4-8-21(23)25)16-19-12-14-20(30)15-13-19/h4,6,8,10,12-15,17-18H,3,5,7,9,11,16H2,1-2H3,(H,31,33)/t18-/m0/s1. The van der Waals surface area contributed by atoms with E-state index in [2.05, 4.69) is 68.4 Å². The summed E-state index contributed by atoms with van der Waals surface area (Å²) in [6, 6.07) is 16.6. The van der Waals surface area contributed by atoms with Gasteiger partial charge >= 0.3 is 5.97 Å². The third-order valence-electron chi connectivity index (χ3n) is 6.58. The second kappa shape index (κ2) is 11.5. The number of carbonyl (C=O) groups is 2. The number of aryl methyl sites for hydroxylation is 1. The minimum Gasteiger partial charge on any atom is -0.462 e. The number of anilines is 1. The number of carbonyl (C=O) groups excluding carboxylic acids is 2. The Morgan fingerprint density at radius 1 is 1.14 bits per heavy atom. The third kappa shape index (κ3) is 5.66. The van der Waals surface area contributed by atoms with Crippen molar-refractivity contribution in [2.24, 2.45) is 0 Å². The van der Waals surface area contributed by atoms with Crippen molar-refractivity contribution in [3.8, 4) is 0 Å². The van der Waals surface area contributed by atoms with Crippen molar-refractivity contribution < 1.29 is 14.3 Å². The molecule has 0 saturated carbocycles. The lowest BCUT2D eigenvalue weighted by molar-refractivity contribution is -0.115. The first-order valence-corrected chi connectivity index (χ1v) is 15.0. The Labute approximate surface area is 233 Å². The fourth-order valence-electron chi connectivity index (χ4n) is 4.75. The predicted molar refractivity (Wildman–Crippen MR) is 156 cm³/mol. The lowest BCUT2D eigenvalue weighted by Gasteiger charge is -2.13. The number of para-hydroxylation sites is 1. The number of fused-ring (bicyclic) bond motifs is 2. The number of hydrogen-bond acceptors (Lipinski definition) is 5. The summed E-state index contributed by atoms with van der Waals surface area (Å²) >= 11 is 6.57. The average Bonchev–Trinajstić information content (AvgIpc) is 3.43. The molecule has 0 fully saturated rings. The summed E-state index contributed by atoms with van der Waals surface area (Å²) < 4.78 is 8.63. The maximum absolute atomic E-state index is 13.3. The molecule has 37 heavy (non-hydrogen) atoms. The molecule has 0 bridgehead atoms. The molecule has 4 aromatic rings. The van der Waals surface area contributed by atoms with Crippen LogP contribution in [0.1, 0.15) is 53.1 Å². The highest BCUT2D eigenvalue weighted by Gasteiger charge is 2.28. The second-order valence-corrected chi connectivity index (χ2v) is 12.6. The van der Waals surface area contributed by atoms with Gasteiger partial charge in [0, 0.05) is 37.9 Å². The number of esters is 1. The Morgan fingerprint density at radius 3 is 2.68 bits per heavy atom. The molecule has 8 heteroatoms. The highest BCUT2D eigenvalue weighted by Crippen LogP contribution is 2.39. The smallest absolute Gasteiger partial charge is 0.341 e. The molecule has 1 atom stereocenters. The number of benzene rings is 2. The number of halogens is 1. The molecular weight excluding hydrogens is 568 g/mol. The summed E-state index contributed by atoms with van der Waals surface area (Å²) in [5.74, 6) is -0.451. The molecule has 0 radical (unpaired) electrons. The minimum atomic E-state index is -0.346. The number of aromatic nitrogens is 1. The first kappa shape index (κ1) is 26.1. The van der Waals surface area contributed by atoms with E-state index in [1.54, 1.807) is 18.7 Å². The quantitative estimate of drug-likeness (QED) is 0.167. The fraction of sp³-hybridized carbons (Fsp3) is 0.310. The predicted octanol–water partition coefficient (Wildman–Crippen LogP) is 7.69. The molecule has 2 heterocycles. The number of nitrogens with one attached hydrogen (secondary N) is 1. The molecule has 1 N–H and O–H groups in total. The van der Waals surface area contributed by atoms with Gasteiger partial charge < -0.3 is 14.6 Å². The Hall–Kier alpha value is -2.55.